The van der Waals surface area contributed by atoms with Crippen LogP contribution in [0.5, 0.6) is 5.75 Å². The third kappa shape index (κ3) is 5.51. The number of nitrogens with one attached hydrogen (secondary N) is 2. The van der Waals surface area contributed by atoms with E-state index in [1.165, 1.54) is 43.5 Å². The average Bonchev–Trinajstić information content (AvgIpc) is 2.73. The van der Waals surface area contributed by atoms with Gasteiger partial charge in [0, 0.05) is 16.3 Å². The molecule has 0 aliphatic rings. The molecule has 1 amide bonds. The SMILES string of the molecule is COc1ccc(Cl)cc1NC(=O)c1ccc(S(=O)(=O)Nc2cccc(C(F)(F)F)c2)cc1. The maximum atomic E-state index is 12.8. The molecule has 168 valence electrons. The number of sulfonamides is 1. The van der Waals surface area contributed by atoms with E-state index in [1.807, 2.05) is 0 Å². The van der Waals surface area contributed by atoms with Gasteiger partial charge in [0.1, 0.15) is 5.75 Å². The number of amides is 1. The molecule has 3 aromatic rings. The molecule has 11 heteroatoms. The smallest absolute Gasteiger partial charge is 0.416 e. The van der Waals surface area contributed by atoms with Crippen LogP contribution < -0.4 is 14.8 Å². The Kier molecular flexibility index (Phi) is 6.65. The van der Waals surface area contributed by atoms with Gasteiger partial charge in [-0.05, 0) is 60.7 Å². The zero-order valence-electron chi connectivity index (χ0n) is 16.4. The van der Waals surface area contributed by atoms with Gasteiger partial charge in [0.15, 0.2) is 0 Å². The number of benzene rings is 3. The number of anilines is 2. The molecule has 0 fully saturated rings. The van der Waals surface area contributed by atoms with Crippen molar-refractivity contribution in [1.82, 2.24) is 0 Å². The lowest BCUT2D eigenvalue weighted by molar-refractivity contribution is -0.137. The molecule has 0 aromatic heterocycles. The first kappa shape index (κ1) is 23.4. The molecule has 2 N–H and O–H groups in total. The Hall–Kier alpha value is -3.24. The number of carbonyl (C=O) groups excluding carboxylic acids is 1. The minimum Gasteiger partial charge on any atom is -0.495 e. The predicted octanol–water partition coefficient (Wildman–Crippen LogP) is 5.42. The Bertz CT molecular complexity index is 1250. The molecule has 6 nitrogen and oxygen atoms in total. The topological polar surface area (TPSA) is 84.5 Å². The third-order valence-corrected chi connectivity index (χ3v) is 5.91. The Labute approximate surface area is 187 Å². The number of hydrogen-bond donors (Lipinski definition) is 2. The second kappa shape index (κ2) is 9.09. The summed E-state index contributed by atoms with van der Waals surface area (Å²) in [6.07, 6.45) is -4.61. The van der Waals surface area contributed by atoms with Crippen molar-refractivity contribution in [2.24, 2.45) is 0 Å². The summed E-state index contributed by atoms with van der Waals surface area (Å²) >= 11 is 5.93. The molecule has 32 heavy (non-hydrogen) atoms. The van der Waals surface area contributed by atoms with E-state index in [4.69, 9.17) is 16.3 Å². The molecule has 0 aliphatic carbocycles. The van der Waals surface area contributed by atoms with Gasteiger partial charge in [-0.3, -0.25) is 9.52 Å². The average molecular weight is 485 g/mol. The zero-order valence-corrected chi connectivity index (χ0v) is 18.0. The van der Waals surface area contributed by atoms with Crippen LogP contribution in [0.1, 0.15) is 15.9 Å². The largest absolute Gasteiger partial charge is 0.495 e. The number of alkyl halides is 3. The minimum absolute atomic E-state index is 0.144. The van der Waals surface area contributed by atoms with Gasteiger partial charge in [0.2, 0.25) is 0 Å². The highest BCUT2D eigenvalue weighted by Gasteiger charge is 2.30. The number of hydrogen-bond acceptors (Lipinski definition) is 4. The van der Waals surface area contributed by atoms with E-state index >= 15 is 0 Å². The molecule has 0 bridgehead atoms. The normalized spacial score (nSPS) is 11.7. The fourth-order valence-electron chi connectivity index (χ4n) is 2.73. The highest BCUT2D eigenvalue weighted by Crippen LogP contribution is 2.31. The molecule has 0 atom stereocenters. The quantitative estimate of drug-likeness (QED) is 0.489. The number of carbonyl (C=O) groups is 1. The first-order valence-electron chi connectivity index (χ1n) is 8.94. The molecular weight excluding hydrogens is 469 g/mol. The Morgan fingerprint density at radius 2 is 1.69 bits per heavy atom. The van der Waals surface area contributed by atoms with Crippen molar-refractivity contribution < 1.29 is 31.1 Å². The number of halogens is 4. The van der Waals surface area contributed by atoms with E-state index in [9.17, 15) is 26.4 Å². The summed E-state index contributed by atoms with van der Waals surface area (Å²) in [5.41, 5.74) is -0.756. The molecular formula is C21H16ClF3N2O4S. The summed E-state index contributed by atoms with van der Waals surface area (Å²) in [6, 6.07) is 13.4. The van der Waals surface area contributed by atoms with Crippen LogP contribution in [-0.4, -0.2) is 21.4 Å². The van der Waals surface area contributed by atoms with Crippen molar-refractivity contribution in [2.45, 2.75) is 11.1 Å². The fourth-order valence-corrected chi connectivity index (χ4v) is 3.95. The van der Waals surface area contributed by atoms with E-state index in [0.717, 1.165) is 12.1 Å². The summed E-state index contributed by atoms with van der Waals surface area (Å²) in [4.78, 5) is 12.3. The van der Waals surface area contributed by atoms with Gasteiger partial charge < -0.3 is 10.1 Å². The lowest BCUT2D eigenvalue weighted by Gasteiger charge is -2.12. The maximum Gasteiger partial charge on any atom is 0.416 e. The van der Waals surface area contributed by atoms with Gasteiger partial charge in [0.25, 0.3) is 15.9 Å². The molecule has 0 saturated heterocycles. The molecule has 3 aromatic carbocycles. The summed E-state index contributed by atoms with van der Waals surface area (Å²) in [5, 5.41) is 2.99. The van der Waals surface area contributed by atoms with E-state index in [0.29, 0.717) is 22.5 Å². The van der Waals surface area contributed by atoms with Crippen LogP contribution in [0.4, 0.5) is 24.5 Å². The van der Waals surface area contributed by atoms with Gasteiger partial charge in [-0.15, -0.1) is 0 Å². The van der Waals surface area contributed by atoms with E-state index < -0.39 is 27.7 Å². The summed E-state index contributed by atoms with van der Waals surface area (Å²) < 4.78 is 70.8. The van der Waals surface area contributed by atoms with Gasteiger partial charge in [-0.25, -0.2) is 8.42 Å². The Balaban J connectivity index is 1.77. The molecule has 3 rings (SSSR count). The summed E-state index contributed by atoms with van der Waals surface area (Å²) in [7, 11) is -2.75. The van der Waals surface area contributed by atoms with Crippen molar-refractivity contribution in [1.29, 1.82) is 0 Å². The molecule has 0 radical (unpaired) electrons. The highest BCUT2D eigenvalue weighted by atomic mass is 35.5. The van der Waals surface area contributed by atoms with Crippen LogP contribution in [0.15, 0.2) is 71.6 Å². The van der Waals surface area contributed by atoms with Crippen LogP contribution >= 0.6 is 11.6 Å². The highest BCUT2D eigenvalue weighted by molar-refractivity contribution is 7.92. The maximum absolute atomic E-state index is 12.8. The van der Waals surface area contributed by atoms with Gasteiger partial charge >= 0.3 is 6.18 Å². The summed E-state index contributed by atoms with van der Waals surface area (Å²) in [5.74, 6) is -0.160. The van der Waals surface area contributed by atoms with Crippen LogP contribution in [-0.2, 0) is 16.2 Å². The summed E-state index contributed by atoms with van der Waals surface area (Å²) in [6.45, 7) is 0. The standard InChI is InChI=1S/C21H16ClF3N2O4S/c1-31-19-10-7-15(22)12-18(19)26-20(28)13-5-8-17(9-6-13)32(29,30)27-16-4-2-3-14(11-16)21(23,24)25/h2-12,27H,1H3,(H,26,28). The van der Waals surface area contributed by atoms with Crippen molar-refractivity contribution in [3.8, 4) is 5.75 Å². The van der Waals surface area contributed by atoms with E-state index in [-0.39, 0.29) is 16.1 Å². The molecule has 0 spiro atoms. The molecule has 0 unspecified atom stereocenters. The van der Waals surface area contributed by atoms with Gasteiger partial charge in [-0.1, -0.05) is 17.7 Å². The molecule has 0 aliphatic heterocycles. The van der Waals surface area contributed by atoms with Crippen LogP contribution in [0.3, 0.4) is 0 Å². The minimum atomic E-state index is -4.61. The van der Waals surface area contributed by atoms with E-state index in [2.05, 4.69) is 10.0 Å². The number of methoxy groups -OCH3 is 1. The first-order valence-corrected chi connectivity index (χ1v) is 10.8. The third-order valence-electron chi connectivity index (χ3n) is 4.28. The first-order chi connectivity index (χ1) is 15.0. The van der Waals surface area contributed by atoms with Crippen LogP contribution in [0, 0.1) is 0 Å². The van der Waals surface area contributed by atoms with E-state index in [1.54, 1.807) is 12.1 Å². The number of ether oxygens (including phenoxy) is 1. The van der Waals surface area contributed by atoms with Crippen molar-refractivity contribution in [2.75, 3.05) is 17.1 Å². The molecule has 0 saturated carbocycles. The fraction of sp³-hybridized carbons (Fsp3) is 0.0952. The zero-order chi connectivity index (χ0) is 23.5. The predicted molar refractivity (Wildman–Crippen MR) is 115 cm³/mol. The van der Waals surface area contributed by atoms with Gasteiger partial charge in [0.05, 0.1) is 23.3 Å². The lowest BCUT2D eigenvalue weighted by Crippen LogP contribution is -2.15. The monoisotopic (exact) mass is 484 g/mol. The van der Waals surface area contributed by atoms with Crippen LogP contribution in [0.2, 0.25) is 5.02 Å². The van der Waals surface area contributed by atoms with Gasteiger partial charge in [-0.2, -0.15) is 13.2 Å². The van der Waals surface area contributed by atoms with Crippen molar-refractivity contribution in [3.05, 3.63) is 82.9 Å². The van der Waals surface area contributed by atoms with Crippen molar-refractivity contribution >= 4 is 38.9 Å². The number of rotatable bonds is 6. The molecule has 0 heterocycles. The van der Waals surface area contributed by atoms with Crippen LogP contribution in [0.25, 0.3) is 0 Å². The lowest BCUT2D eigenvalue weighted by atomic mass is 10.2. The second-order valence-corrected chi connectivity index (χ2v) is 8.63. The Morgan fingerprint density at radius 3 is 2.31 bits per heavy atom. The Morgan fingerprint density at radius 1 is 1.00 bits per heavy atom. The second-order valence-electron chi connectivity index (χ2n) is 6.51. The van der Waals surface area contributed by atoms with Crippen molar-refractivity contribution in [3.63, 3.8) is 0 Å².